The molecule has 5 heteroatoms. The van der Waals surface area contributed by atoms with Crippen LogP contribution >= 0.6 is 0 Å². The molecule has 0 saturated carbocycles. The second kappa shape index (κ2) is 4.25. The summed E-state index contributed by atoms with van der Waals surface area (Å²) in [7, 11) is 0. The quantitative estimate of drug-likeness (QED) is 0.829. The molecule has 0 fully saturated rings. The van der Waals surface area contributed by atoms with E-state index in [9.17, 15) is 0 Å². The van der Waals surface area contributed by atoms with E-state index in [0.29, 0.717) is 5.92 Å². The highest BCUT2D eigenvalue weighted by molar-refractivity contribution is 5.53. The van der Waals surface area contributed by atoms with Crippen LogP contribution in [0.3, 0.4) is 0 Å². The van der Waals surface area contributed by atoms with Crippen LogP contribution < -0.4 is 5.73 Å². The molecule has 2 aromatic heterocycles. The minimum atomic E-state index is 0.537. The van der Waals surface area contributed by atoms with Crippen molar-refractivity contribution in [3.05, 3.63) is 30.4 Å². The standard InChI is InChI=1S/C12H15N5/c13-7-9-1-2-11-15-12(16-17(11)8-9)10-3-5-14-6-4-10/h3-6,9H,1-2,7-8,13H2. The fourth-order valence-corrected chi connectivity index (χ4v) is 2.19. The first-order valence-electron chi connectivity index (χ1n) is 5.91. The van der Waals surface area contributed by atoms with Crippen molar-refractivity contribution in [1.29, 1.82) is 0 Å². The average molecular weight is 229 g/mol. The minimum absolute atomic E-state index is 0.537. The number of nitrogens with zero attached hydrogens (tertiary/aromatic N) is 4. The van der Waals surface area contributed by atoms with Crippen LogP contribution in [0.25, 0.3) is 11.4 Å². The van der Waals surface area contributed by atoms with Crippen LogP contribution in [-0.2, 0) is 13.0 Å². The van der Waals surface area contributed by atoms with E-state index >= 15 is 0 Å². The van der Waals surface area contributed by atoms with Crippen molar-refractivity contribution >= 4 is 0 Å². The van der Waals surface area contributed by atoms with Gasteiger partial charge in [-0.2, -0.15) is 5.10 Å². The zero-order valence-corrected chi connectivity index (χ0v) is 9.58. The fraction of sp³-hybridized carbons (Fsp3) is 0.417. The summed E-state index contributed by atoms with van der Waals surface area (Å²) in [6, 6.07) is 3.86. The highest BCUT2D eigenvalue weighted by Gasteiger charge is 2.20. The summed E-state index contributed by atoms with van der Waals surface area (Å²) in [6.07, 6.45) is 5.61. The molecule has 1 unspecified atom stereocenters. The van der Waals surface area contributed by atoms with E-state index in [1.165, 1.54) is 0 Å². The third-order valence-corrected chi connectivity index (χ3v) is 3.23. The largest absolute Gasteiger partial charge is 0.330 e. The molecule has 5 nitrogen and oxygen atoms in total. The lowest BCUT2D eigenvalue weighted by molar-refractivity contribution is 0.350. The first kappa shape index (κ1) is 10.4. The predicted molar refractivity (Wildman–Crippen MR) is 64.1 cm³/mol. The Labute approximate surface area is 99.7 Å². The van der Waals surface area contributed by atoms with Gasteiger partial charge in [0.2, 0.25) is 0 Å². The van der Waals surface area contributed by atoms with Crippen molar-refractivity contribution in [2.75, 3.05) is 6.54 Å². The Balaban J connectivity index is 1.93. The van der Waals surface area contributed by atoms with E-state index in [0.717, 1.165) is 43.1 Å². The molecule has 0 amide bonds. The molecule has 0 radical (unpaired) electrons. The summed E-state index contributed by atoms with van der Waals surface area (Å²) in [5.74, 6) is 2.40. The Bertz CT molecular complexity index is 505. The van der Waals surface area contributed by atoms with Crippen LogP contribution in [0.4, 0.5) is 0 Å². The topological polar surface area (TPSA) is 69.6 Å². The summed E-state index contributed by atoms with van der Waals surface area (Å²) in [6.45, 7) is 1.62. The maximum absolute atomic E-state index is 5.71. The summed E-state index contributed by atoms with van der Waals surface area (Å²) >= 11 is 0. The van der Waals surface area contributed by atoms with Gasteiger partial charge >= 0.3 is 0 Å². The minimum Gasteiger partial charge on any atom is -0.330 e. The lowest BCUT2D eigenvalue weighted by Gasteiger charge is -2.20. The van der Waals surface area contributed by atoms with Gasteiger partial charge in [0.25, 0.3) is 0 Å². The molecule has 3 rings (SSSR count). The van der Waals surface area contributed by atoms with E-state index in [1.54, 1.807) is 12.4 Å². The van der Waals surface area contributed by atoms with Gasteiger partial charge in [-0.3, -0.25) is 4.98 Å². The van der Waals surface area contributed by atoms with Gasteiger partial charge in [0.15, 0.2) is 5.82 Å². The number of aromatic nitrogens is 4. The summed E-state index contributed by atoms with van der Waals surface area (Å²) in [4.78, 5) is 8.57. The number of hydrogen-bond acceptors (Lipinski definition) is 4. The van der Waals surface area contributed by atoms with Gasteiger partial charge in [0.05, 0.1) is 0 Å². The van der Waals surface area contributed by atoms with Crippen LogP contribution in [0.15, 0.2) is 24.5 Å². The van der Waals surface area contributed by atoms with Crippen molar-refractivity contribution in [2.24, 2.45) is 11.7 Å². The van der Waals surface area contributed by atoms with Gasteiger partial charge in [-0.15, -0.1) is 0 Å². The Kier molecular flexibility index (Phi) is 2.60. The number of fused-ring (bicyclic) bond motifs is 1. The van der Waals surface area contributed by atoms with Crippen molar-refractivity contribution in [2.45, 2.75) is 19.4 Å². The van der Waals surface area contributed by atoms with Crippen LogP contribution in [-0.4, -0.2) is 26.3 Å². The van der Waals surface area contributed by atoms with E-state index in [1.807, 2.05) is 16.8 Å². The average Bonchev–Trinajstić information content (AvgIpc) is 2.82. The molecule has 1 aliphatic rings. The lowest BCUT2D eigenvalue weighted by Crippen LogP contribution is -2.27. The Morgan fingerprint density at radius 1 is 1.35 bits per heavy atom. The molecular formula is C12H15N5. The van der Waals surface area contributed by atoms with Gasteiger partial charge in [-0.05, 0) is 31.0 Å². The van der Waals surface area contributed by atoms with Gasteiger partial charge < -0.3 is 5.73 Å². The molecule has 0 bridgehead atoms. The lowest BCUT2D eigenvalue weighted by atomic mass is 10.0. The van der Waals surface area contributed by atoms with Crippen molar-refractivity contribution < 1.29 is 0 Å². The first-order valence-corrected chi connectivity index (χ1v) is 5.91. The van der Waals surface area contributed by atoms with Gasteiger partial charge in [0, 0.05) is 30.9 Å². The third-order valence-electron chi connectivity index (χ3n) is 3.23. The number of rotatable bonds is 2. The van der Waals surface area contributed by atoms with Crippen molar-refractivity contribution in [3.8, 4) is 11.4 Å². The molecule has 0 aliphatic carbocycles. The number of hydrogen-bond donors (Lipinski definition) is 1. The number of pyridine rings is 1. The van der Waals surface area contributed by atoms with E-state index in [-0.39, 0.29) is 0 Å². The molecule has 3 heterocycles. The third kappa shape index (κ3) is 1.93. The Morgan fingerprint density at radius 2 is 2.18 bits per heavy atom. The van der Waals surface area contributed by atoms with Crippen molar-refractivity contribution in [1.82, 2.24) is 19.7 Å². The van der Waals surface area contributed by atoms with Crippen LogP contribution in [0.5, 0.6) is 0 Å². The van der Waals surface area contributed by atoms with E-state index in [4.69, 9.17) is 5.73 Å². The monoisotopic (exact) mass is 229 g/mol. The van der Waals surface area contributed by atoms with Gasteiger partial charge in [-0.1, -0.05) is 0 Å². The normalized spacial score (nSPS) is 19.0. The van der Waals surface area contributed by atoms with Crippen LogP contribution in [0, 0.1) is 5.92 Å². The molecular weight excluding hydrogens is 214 g/mol. The molecule has 2 aromatic rings. The van der Waals surface area contributed by atoms with Crippen LogP contribution in [0.2, 0.25) is 0 Å². The maximum atomic E-state index is 5.71. The second-order valence-electron chi connectivity index (χ2n) is 4.41. The number of aryl methyl sites for hydroxylation is 1. The zero-order chi connectivity index (χ0) is 11.7. The Hall–Kier alpha value is -1.75. The predicted octanol–water partition coefficient (Wildman–Crippen LogP) is 0.861. The first-order chi connectivity index (χ1) is 8.36. The SMILES string of the molecule is NCC1CCc2nc(-c3ccncc3)nn2C1. The molecule has 1 atom stereocenters. The molecule has 1 aliphatic heterocycles. The Morgan fingerprint density at radius 3 is 2.94 bits per heavy atom. The smallest absolute Gasteiger partial charge is 0.181 e. The van der Waals surface area contributed by atoms with E-state index in [2.05, 4.69) is 15.1 Å². The van der Waals surface area contributed by atoms with E-state index < -0.39 is 0 Å². The fourth-order valence-electron chi connectivity index (χ4n) is 2.19. The van der Waals surface area contributed by atoms with Crippen LogP contribution in [0.1, 0.15) is 12.2 Å². The molecule has 17 heavy (non-hydrogen) atoms. The zero-order valence-electron chi connectivity index (χ0n) is 9.58. The maximum Gasteiger partial charge on any atom is 0.181 e. The molecule has 0 aromatic carbocycles. The second-order valence-corrected chi connectivity index (χ2v) is 4.41. The van der Waals surface area contributed by atoms with Gasteiger partial charge in [0.1, 0.15) is 5.82 Å². The summed E-state index contributed by atoms with van der Waals surface area (Å²) in [5.41, 5.74) is 6.73. The molecule has 0 spiro atoms. The summed E-state index contributed by atoms with van der Waals surface area (Å²) in [5, 5.41) is 4.54. The highest BCUT2D eigenvalue weighted by Crippen LogP contribution is 2.21. The highest BCUT2D eigenvalue weighted by atomic mass is 15.4. The summed E-state index contributed by atoms with van der Waals surface area (Å²) < 4.78 is 2.00. The van der Waals surface area contributed by atoms with Crippen molar-refractivity contribution in [3.63, 3.8) is 0 Å². The molecule has 0 saturated heterocycles. The van der Waals surface area contributed by atoms with Gasteiger partial charge in [-0.25, -0.2) is 9.67 Å². The number of nitrogens with two attached hydrogens (primary N) is 1. The molecule has 2 N–H and O–H groups in total. The molecule has 88 valence electrons.